The van der Waals surface area contributed by atoms with Gasteiger partial charge in [0.1, 0.15) is 0 Å². The molecule has 0 saturated heterocycles. The van der Waals surface area contributed by atoms with Gasteiger partial charge in [-0.05, 0) is 12.1 Å². The van der Waals surface area contributed by atoms with Gasteiger partial charge >= 0.3 is 0 Å². The summed E-state index contributed by atoms with van der Waals surface area (Å²) in [4.78, 5) is 0.354. The Morgan fingerprint density at radius 1 is 1.00 bits per heavy atom. The summed E-state index contributed by atoms with van der Waals surface area (Å²) in [7, 11) is 0. The molecule has 3 nitrogen and oxygen atoms in total. The van der Waals surface area contributed by atoms with E-state index in [1.807, 2.05) is 54.6 Å². The van der Waals surface area contributed by atoms with E-state index >= 15 is 0 Å². The Balaban J connectivity index is 2.20. The molecule has 0 amide bonds. The molecule has 1 aromatic heterocycles. The molecule has 90 valence electrons. The minimum atomic E-state index is -0.810. The maximum absolute atomic E-state index is 10.4. The molecule has 0 spiro atoms. The molecule has 0 fully saturated rings. The molecule has 1 atom stereocenters. The fourth-order valence-corrected chi connectivity index (χ4v) is 2.94. The zero-order chi connectivity index (χ0) is 12.5. The molecule has 0 aliphatic heterocycles. The van der Waals surface area contributed by atoms with Gasteiger partial charge in [-0.1, -0.05) is 53.8 Å². The van der Waals surface area contributed by atoms with E-state index in [0.717, 1.165) is 15.8 Å². The molecular formula is C14H12N2OS. The molecule has 2 N–H and O–H groups in total. The van der Waals surface area contributed by atoms with E-state index in [-0.39, 0.29) is 0 Å². The van der Waals surface area contributed by atoms with E-state index in [1.165, 1.54) is 11.3 Å². The van der Waals surface area contributed by atoms with Crippen molar-refractivity contribution in [2.24, 2.45) is 0 Å². The fourth-order valence-electron chi connectivity index (χ4n) is 2.02. The summed E-state index contributed by atoms with van der Waals surface area (Å²) in [6, 6.07) is 17.2. The van der Waals surface area contributed by atoms with Crippen molar-refractivity contribution in [3.63, 3.8) is 0 Å². The van der Waals surface area contributed by atoms with Crippen LogP contribution < -0.4 is 4.80 Å². The molecule has 3 rings (SSSR count). The van der Waals surface area contributed by atoms with Gasteiger partial charge in [-0.3, -0.25) is 9.98 Å². The lowest BCUT2D eigenvalue weighted by atomic mass is 10.2. The van der Waals surface area contributed by atoms with E-state index < -0.39 is 6.23 Å². The highest BCUT2D eigenvalue weighted by molar-refractivity contribution is 7.16. The average Bonchev–Trinajstić information content (AvgIpc) is 2.75. The Labute approximate surface area is 108 Å². The Hall–Kier alpha value is -1.91. The standard InChI is InChI=1S/C14H12N2OS/c15-14-16(11-8-4-5-9-12(11)18-14)13(17)10-6-2-1-3-7-10/h1-9,13,15,17H. The molecule has 1 heterocycles. The van der Waals surface area contributed by atoms with Gasteiger partial charge in [-0.15, -0.1) is 0 Å². The number of rotatable bonds is 2. The summed E-state index contributed by atoms with van der Waals surface area (Å²) in [5, 5.41) is 18.4. The Kier molecular flexibility index (Phi) is 2.74. The largest absolute Gasteiger partial charge is 0.369 e. The highest BCUT2D eigenvalue weighted by atomic mass is 32.1. The van der Waals surface area contributed by atoms with Crippen LogP contribution >= 0.6 is 11.3 Å². The van der Waals surface area contributed by atoms with Crippen molar-refractivity contribution in [2.75, 3.05) is 0 Å². The van der Waals surface area contributed by atoms with Crippen molar-refractivity contribution < 1.29 is 5.11 Å². The fraction of sp³-hybridized carbons (Fsp3) is 0.0714. The predicted molar refractivity (Wildman–Crippen MR) is 72.5 cm³/mol. The van der Waals surface area contributed by atoms with Gasteiger partial charge in [0.25, 0.3) is 0 Å². The van der Waals surface area contributed by atoms with Crippen molar-refractivity contribution in [2.45, 2.75) is 6.23 Å². The van der Waals surface area contributed by atoms with E-state index in [9.17, 15) is 5.11 Å². The van der Waals surface area contributed by atoms with Gasteiger partial charge in [0.15, 0.2) is 11.0 Å². The van der Waals surface area contributed by atoms with Crippen LogP contribution in [0.4, 0.5) is 0 Å². The molecule has 0 radical (unpaired) electrons. The number of aliphatic hydroxyl groups is 1. The molecule has 0 bridgehead atoms. The monoisotopic (exact) mass is 256 g/mol. The third kappa shape index (κ3) is 1.75. The average molecular weight is 256 g/mol. The van der Waals surface area contributed by atoms with Gasteiger partial charge < -0.3 is 5.11 Å². The van der Waals surface area contributed by atoms with Crippen LogP contribution in [0.15, 0.2) is 54.6 Å². The third-order valence-corrected chi connectivity index (χ3v) is 3.85. The second-order valence-corrected chi connectivity index (χ2v) is 5.06. The van der Waals surface area contributed by atoms with Crippen LogP contribution in [0.5, 0.6) is 0 Å². The molecular weight excluding hydrogens is 244 g/mol. The molecule has 3 aromatic rings. The van der Waals surface area contributed by atoms with Crippen molar-refractivity contribution in [1.82, 2.24) is 4.57 Å². The van der Waals surface area contributed by atoms with Crippen LogP contribution in [0.3, 0.4) is 0 Å². The van der Waals surface area contributed by atoms with Crippen molar-refractivity contribution in [3.8, 4) is 0 Å². The smallest absolute Gasteiger partial charge is 0.185 e. The first-order valence-corrected chi connectivity index (χ1v) is 6.47. The predicted octanol–water partition coefficient (Wildman–Crippen LogP) is 2.72. The van der Waals surface area contributed by atoms with Gasteiger partial charge in [0, 0.05) is 5.56 Å². The molecule has 2 aromatic carbocycles. The maximum atomic E-state index is 10.4. The Bertz CT molecular complexity index is 730. The first kappa shape index (κ1) is 11.2. The van der Waals surface area contributed by atoms with Gasteiger partial charge in [-0.25, -0.2) is 0 Å². The van der Waals surface area contributed by atoms with E-state index in [1.54, 1.807) is 4.57 Å². The summed E-state index contributed by atoms with van der Waals surface area (Å²) in [6.45, 7) is 0. The molecule has 18 heavy (non-hydrogen) atoms. The Morgan fingerprint density at radius 2 is 1.67 bits per heavy atom. The Morgan fingerprint density at radius 3 is 2.44 bits per heavy atom. The maximum Gasteiger partial charge on any atom is 0.185 e. The number of aromatic nitrogens is 1. The van der Waals surface area contributed by atoms with Crippen molar-refractivity contribution in [1.29, 1.82) is 5.41 Å². The number of hydrogen-bond acceptors (Lipinski definition) is 3. The summed E-state index contributed by atoms with van der Waals surface area (Å²) >= 11 is 1.37. The lowest BCUT2D eigenvalue weighted by Crippen LogP contribution is -2.20. The first-order valence-electron chi connectivity index (χ1n) is 5.65. The quantitative estimate of drug-likeness (QED) is 0.727. The van der Waals surface area contributed by atoms with Crippen LogP contribution in [0.2, 0.25) is 0 Å². The van der Waals surface area contributed by atoms with Crippen LogP contribution in [0, 0.1) is 5.41 Å². The summed E-state index contributed by atoms with van der Waals surface area (Å²) in [5.74, 6) is 0. The number of thiazole rings is 1. The number of para-hydroxylation sites is 1. The molecule has 1 unspecified atom stereocenters. The highest BCUT2D eigenvalue weighted by Crippen LogP contribution is 2.22. The van der Waals surface area contributed by atoms with Crippen LogP contribution in [0.1, 0.15) is 11.8 Å². The molecule has 0 aliphatic rings. The van der Waals surface area contributed by atoms with Crippen molar-refractivity contribution >= 4 is 21.6 Å². The summed E-state index contributed by atoms with van der Waals surface area (Å²) in [5.41, 5.74) is 1.68. The third-order valence-electron chi connectivity index (χ3n) is 2.89. The van der Waals surface area contributed by atoms with Crippen molar-refractivity contribution in [3.05, 3.63) is 65.0 Å². The SMILES string of the molecule is N=c1sc2ccccc2n1C(O)c1ccccc1. The molecule has 0 saturated carbocycles. The second-order valence-electron chi connectivity index (χ2n) is 4.03. The highest BCUT2D eigenvalue weighted by Gasteiger charge is 2.14. The first-order chi connectivity index (χ1) is 8.77. The van der Waals surface area contributed by atoms with Gasteiger partial charge in [-0.2, -0.15) is 0 Å². The summed E-state index contributed by atoms with van der Waals surface area (Å²) in [6.07, 6.45) is -0.810. The van der Waals surface area contributed by atoms with Gasteiger partial charge in [0.05, 0.1) is 10.2 Å². The minimum Gasteiger partial charge on any atom is -0.369 e. The zero-order valence-electron chi connectivity index (χ0n) is 9.58. The van der Waals surface area contributed by atoms with Gasteiger partial charge in [0.2, 0.25) is 0 Å². The number of nitrogens with zero attached hydrogens (tertiary/aromatic N) is 1. The lowest BCUT2D eigenvalue weighted by Gasteiger charge is -2.13. The lowest BCUT2D eigenvalue weighted by molar-refractivity contribution is 0.147. The number of fused-ring (bicyclic) bond motifs is 1. The molecule has 4 heteroatoms. The number of aliphatic hydroxyl groups excluding tert-OH is 1. The number of benzene rings is 2. The van der Waals surface area contributed by atoms with Crippen LogP contribution in [0.25, 0.3) is 10.2 Å². The summed E-state index contributed by atoms with van der Waals surface area (Å²) < 4.78 is 2.66. The van der Waals surface area contributed by atoms with Crippen LogP contribution in [-0.4, -0.2) is 9.67 Å². The number of nitrogens with one attached hydrogen (secondary N) is 1. The van der Waals surface area contributed by atoms with E-state index in [0.29, 0.717) is 4.80 Å². The second kappa shape index (κ2) is 4.40. The topological polar surface area (TPSA) is 49.0 Å². The molecule has 0 aliphatic carbocycles. The zero-order valence-corrected chi connectivity index (χ0v) is 10.4. The van der Waals surface area contributed by atoms with E-state index in [2.05, 4.69) is 0 Å². The minimum absolute atomic E-state index is 0.354. The van der Waals surface area contributed by atoms with Crippen LogP contribution in [-0.2, 0) is 0 Å². The number of hydrogen-bond donors (Lipinski definition) is 2. The van der Waals surface area contributed by atoms with E-state index in [4.69, 9.17) is 5.41 Å². The normalized spacial score (nSPS) is 12.7.